The Hall–Kier alpha value is -0.880. The van der Waals surface area contributed by atoms with Crippen LogP contribution in [0.1, 0.15) is 31.3 Å². The zero-order chi connectivity index (χ0) is 12.5. The summed E-state index contributed by atoms with van der Waals surface area (Å²) in [6.45, 7) is 2.61. The molecule has 0 spiro atoms. The number of nitrogens with zero attached hydrogens (tertiary/aromatic N) is 1. The van der Waals surface area contributed by atoms with Gasteiger partial charge in [-0.05, 0) is 25.8 Å². The van der Waals surface area contributed by atoms with Gasteiger partial charge in [0.15, 0.2) is 9.84 Å². The molecule has 0 radical (unpaired) electrons. The van der Waals surface area contributed by atoms with E-state index in [1.54, 1.807) is 6.20 Å². The highest BCUT2D eigenvalue weighted by molar-refractivity contribution is 7.91. The van der Waals surface area contributed by atoms with Crippen LogP contribution in [0.2, 0.25) is 0 Å². The first-order valence-electron chi connectivity index (χ1n) is 5.90. The van der Waals surface area contributed by atoms with E-state index in [1.807, 2.05) is 6.92 Å². The van der Waals surface area contributed by atoms with Crippen LogP contribution in [0.4, 0.5) is 0 Å². The summed E-state index contributed by atoms with van der Waals surface area (Å²) in [5, 5.41) is 0. The normalized spacial score (nSPS) is 27.4. The first-order valence-corrected chi connectivity index (χ1v) is 7.72. The van der Waals surface area contributed by atoms with Crippen LogP contribution in [0.5, 0.6) is 0 Å². The molecular weight excluding hydrogens is 238 g/mol. The summed E-state index contributed by atoms with van der Waals surface area (Å²) >= 11 is 0. The SMILES string of the molecule is CC1(c2ncc(CCCN)[nH]2)CCS(=O)(=O)C1. The Morgan fingerprint density at radius 2 is 2.35 bits per heavy atom. The van der Waals surface area contributed by atoms with Crippen molar-refractivity contribution in [3.63, 3.8) is 0 Å². The molecule has 0 aliphatic carbocycles. The predicted octanol–water partition coefficient (Wildman–Crippen LogP) is 0.377. The zero-order valence-corrected chi connectivity index (χ0v) is 10.9. The summed E-state index contributed by atoms with van der Waals surface area (Å²) in [5.41, 5.74) is 6.14. The molecule has 2 rings (SSSR count). The first kappa shape index (κ1) is 12.6. The number of hydrogen-bond donors (Lipinski definition) is 2. The van der Waals surface area contributed by atoms with Gasteiger partial charge in [0.1, 0.15) is 5.82 Å². The fraction of sp³-hybridized carbons (Fsp3) is 0.727. The molecule has 5 nitrogen and oxygen atoms in total. The van der Waals surface area contributed by atoms with E-state index in [2.05, 4.69) is 9.97 Å². The Morgan fingerprint density at radius 1 is 1.59 bits per heavy atom. The number of nitrogens with two attached hydrogens (primary N) is 1. The van der Waals surface area contributed by atoms with Gasteiger partial charge in [-0.1, -0.05) is 6.92 Å². The lowest BCUT2D eigenvalue weighted by Gasteiger charge is -2.18. The van der Waals surface area contributed by atoms with E-state index in [1.165, 1.54) is 0 Å². The molecular formula is C11H19N3O2S. The lowest BCUT2D eigenvalue weighted by Crippen LogP contribution is -2.25. The van der Waals surface area contributed by atoms with E-state index in [0.29, 0.717) is 13.0 Å². The molecule has 1 atom stereocenters. The number of aromatic amines is 1. The highest BCUT2D eigenvalue weighted by Gasteiger charge is 2.41. The fourth-order valence-electron chi connectivity index (χ4n) is 2.28. The number of hydrogen-bond acceptors (Lipinski definition) is 4. The molecule has 0 aromatic carbocycles. The van der Waals surface area contributed by atoms with Gasteiger partial charge in [-0.15, -0.1) is 0 Å². The lowest BCUT2D eigenvalue weighted by atomic mass is 9.89. The summed E-state index contributed by atoms with van der Waals surface area (Å²) in [6.07, 6.45) is 4.23. The van der Waals surface area contributed by atoms with Crippen molar-refractivity contribution in [1.29, 1.82) is 0 Å². The van der Waals surface area contributed by atoms with E-state index in [-0.39, 0.29) is 16.9 Å². The van der Waals surface area contributed by atoms with E-state index in [9.17, 15) is 8.42 Å². The van der Waals surface area contributed by atoms with Gasteiger partial charge >= 0.3 is 0 Å². The molecule has 6 heteroatoms. The van der Waals surface area contributed by atoms with Crippen molar-refractivity contribution in [2.45, 2.75) is 31.6 Å². The van der Waals surface area contributed by atoms with Gasteiger partial charge in [0, 0.05) is 17.3 Å². The number of imidazole rings is 1. The summed E-state index contributed by atoms with van der Waals surface area (Å²) < 4.78 is 23.1. The molecule has 0 bridgehead atoms. The first-order chi connectivity index (χ1) is 7.95. The Kier molecular flexibility index (Phi) is 3.27. The molecule has 1 aliphatic rings. The molecule has 1 aromatic heterocycles. The van der Waals surface area contributed by atoms with Crippen LogP contribution < -0.4 is 5.73 Å². The highest BCUT2D eigenvalue weighted by atomic mass is 32.2. The van der Waals surface area contributed by atoms with Gasteiger partial charge in [0.05, 0.1) is 11.5 Å². The van der Waals surface area contributed by atoms with Gasteiger partial charge < -0.3 is 10.7 Å². The minimum absolute atomic E-state index is 0.198. The van der Waals surface area contributed by atoms with Crippen molar-refractivity contribution >= 4 is 9.84 Å². The third kappa shape index (κ3) is 2.69. The van der Waals surface area contributed by atoms with Crippen LogP contribution in [0.25, 0.3) is 0 Å². The van der Waals surface area contributed by atoms with Crippen molar-refractivity contribution in [3.05, 3.63) is 17.7 Å². The predicted molar refractivity (Wildman–Crippen MR) is 66.6 cm³/mol. The van der Waals surface area contributed by atoms with Crippen LogP contribution in [0.3, 0.4) is 0 Å². The number of H-pyrrole nitrogens is 1. The summed E-state index contributed by atoms with van der Waals surface area (Å²) in [7, 11) is -2.89. The Balaban J connectivity index is 2.15. The fourth-order valence-corrected chi connectivity index (χ4v) is 4.44. The minimum atomic E-state index is -2.89. The minimum Gasteiger partial charge on any atom is -0.345 e. The van der Waals surface area contributed by atoms with Crippen molar-refractivity contribution in [2.75, 3.05) is 18.1 Å². The molecule has 96 valence electrons. The molecule has 1 aliphatic heterocycles. The Labute approximate surface area is 102 Å². The number of aryl methyl sites for hydroxylation is 1. The molecule has 0 saturated carbocycles. The van der Waals surface area contributed by atoms with Crippen LogP contribution in [0.15, 0.2) is 6.20 Å². The van der Waals surface area contributed by atoms with Gasteiger partial charge in [0.25, 0.3) is 0 Å². The molecule has 1 fully saturated rings. The molecule has 0 amide bonds. The number of nitrogens with one attached hydrogen (secondary N) is 1. The van der Waals surface area contributed by atoms with Gasteiger partial charge in [-0.2, -0.15) is 0 Å². The maximum absolute atomic E-state index is 11.5. The van der Waals surface area contributed by atoms with Crippen LogP contribution in [0, 0.1) is 0 Å². The molecule has 1 aromatic rings. The molecule has 2 heterocycles. The molecule has 3 N–H and O–H groups in total. The second kappa shape index (κ2) is 4.42. The average molecular weight is 257 g/mol. The van der Waals surface area contributed by atoms with E-state index in [0.717, 1.165) is 24.4 Å². The average Bonchev–Trinajstić information content (AvgIpc) is 2.81. The third-order valence-corrected chi connectivity index (χ3v) is 5.26. The maximum atomic E-state index is 11.5. The van der Waals surface area contributed by atoms with Crippen molar-refractivity contribution < 1.29 is 8.42 Å². The highest BCUT2D eigenvalue weighted by Crippen LogP contribution is 2.33. The van der Waals surface area contributed by atoms with Crippen molar-refractivity contribution in [3.8, 4) is 0 Å². The zero-order valence-electron chi connectivity index (χ0n) is 10.1. The van der Waals surface area contributed by atoms with Crippen molar-refractivity contribution in [1.82, 2.24) is 9.97 Å². The largest absolute Gasteiger partial charge is 0.345 e. The van der Waals surface area contributed by atoms with Gasteiger partial charge in [0.2, 0.25) is 0 Å². The summed E-state index contributed by atoms with van der Waals surface area (Å²) in [5.74, 6) is 1.26. The van der Waals surface area contributed by atoms with Crippen LogP contribution in [-0.4, -0.2) is 36.4 Å². The molecule has 1 unspecified atom stereocenters. The van der Waals surface area contributed by atoms with Crippen molar-refractivity contribution in [2.24, 2.45) is 5.73 Å². The smallest absolute Gasteiger partial charge is 0.151 e. The summed E-state index contributed by atoms with van der Waals surface area (Å²) in [6, 6.07) is 0. The summed E-state index contributed by atoms with van der Waals surface area (Å²) in [4.78, 5) is 7.56. The van der Waals surface area contributed by atoms with E-state index in [4.69, 9.17) is 5.73 Å². The second-order valence-corrected chi connectivity index (χ2v) is 7.24. The Bertz CT molecular complexity index is 495. The molecule has 17 heavy (non-hydrogen) atoms. The quantitative estimate of drug-likeness (QED) is 0.816. The lowest BCUT2D eigenvalue weighted by molar-refractivity contribution is 0.505. The maximum Gasteiger partial charge on any atom is 0.151 e. The second-order valence-electron chi connectivity index (χ2n) is 5.05. The van der Waals surface area contributed by atoms with Crippen LogP contribution in [-0.2, 0) is 21.7 Å². The van der Waals surface area contributed by atoms with Crippen LogP contribution >= 0.6 is 0 Å². The standard InChI is InChI=1S/C11H19N3O2S/c1-11(4-6-17(15,16)8-11)10-13-7-9(14-10)3-2-5-12/h7H,2-6,8,12H2,1H3,(H,13,14). The Morgan fingerprint density at radius 3 is 2.94 bits per heavy atom. The monoisotopic (exact) mass is 257 g/mol. The topological polar surface area (TPSA) is 88.8 Å². The number of aromatic nitrogens is 2. The van der Waals surface area contributed by atoms with Gasteiger partial charge in [-0.25, -0.2) is 13.4 Å². The van der Waals surface area contributed by atoms with E-state index < -0.39 is 9.84 Å². The third-order valence-electron chi connectivity index (χ3n) is 3.35. The number of rotatable bonds is 4. The number of sulfone groups is 1. The molecule has 1 saturated heterocycles. The van der Waals surface area contributed by atoms with E-state index >= 15 is 0 Å². The van der Waals surface area contributed by atoms with Gasteiger partial charge in [-0.3, -0.25) is 0 Å².